The van der Waals surface area contributed by atoms with Crippen molar-refractivity contribution in [3.63, 3.8) is 0 Å². The van der Waals surface area contributed by atoms with Crippen LogP contribution in [0.15, 0.2) is 36.4 Å². The van der Waals surface area contributed by atoms with Crippen molar-refractivity contribution < 1.29 is 23.8 Å². The number of hydrogen-bond acceptors (Lipinski definition) is 5. The summed E-state index contributed by atoms with van der Waals surface area (Å²) in [7, 11) is 1.50. The topological polar surface area (TPSA) is 85.9 Å². The van der Waals surface area contributed by atoms with Gasteiger partial charge in [0.2, 0.25) is 0 Å². The molecule has 2 aromatic carbocycles. The van der Waals surface area contributed by atoms with E-state index in [1.807, 2.05) is 12.1 Å². The molecule has 0 atom stereocenters. The van der Waals surface area contributed by atoms with Gasteiger partial charge >= 0.3 is 6.09 Å². The second-order valence-corrected chi connectivity index (χ2v) is 8.16. The van der Waals surface area contributed by atoms with Crippen LogP contribution in [0.1, 0.15) is 38.3 Å². The first kappa shape index (κ1) is 21.5. The highest BCUT2D eigenvalue weighted by atomic mass is 16.6. The second kappa shape index (κ2) is 9.07. The second-order valence-electron chi connectivity index (χ2n) is 8.16. The van der Waals surface area contributed by atoms with Crippen LogP contribution in [0.4, 0.5) is 16.2 Å². The smallest absolute Gasteiger partial charge is 0.412 e. The van der Waals surface area contributed by atoms with E-state index >= 15 is 0 Å². The molecule has 7 nitrogen and oxygen atoms in total. The largest absolute Gasteiger partial charge is 0.495 e. The van der Waals surface area contributed by atoms with Gasteiger partial charge in [-0.25, -0.2) is 4.79 Å². The Hall–Kier alpha value is -3.22. The van der Waals surface area contributed by atoms with Crippen molar-refractivity contribution in [1.82, 2.24) is 0 Å². The predicted octanol–water partition coefficient (Wildman–Crippen LogP) is 4.55. The molecule has 0 heterocycles. The van der Waals surface area contributed by atoms with E-state index in [2.05, 4.69) is 16.7 Å². The molecule has 0 aromatic heterocycles. The lowest BCUT2D eigenvalue weighted by Gasteiger charge is -2.20. The highest BCUT2D eigenvalue weighted by Gasteiger charge is 2.18. The summed E-state index contributed by atoms with van der Waals surface area (Å²) in [5.74, 6) is 0.838. The molecule has 0 fully saturated rings. The molecule has 0 unspecified atom stereocenters. The summed E-state index contributed by atoms with van der Waals surface area (Å²) in [6.45, 7) is 5.23. The Bertz CT molecular complexity index is 934. The number of carbonyl (C=O) groups is 2. The third-order valence-electron chi connectivity index (χ3n) is 4.56. The van der Waals surface area contributed by atoms with Crippen LogP contribution in [0, 0.1) is 0 Å². The van der Waals surface area contributed by atoms with E-state index in [-0.39, 0.29) is 12.5 Å². The minimum atomic E-state index is -0.627. The molecule has 0 saturated carbocycles. The molecule has 7 heteroatoms. The van der Waals surface area contributed by atoms with Gasteiger partial charge in [-0.1, -0.05) is 6.07 Å². The van der Waals surface area contributed by atoms with Crippen molar-refractivity contribution in [2.45, 2.75) is 45.6 Å². The van der Waals surface area contributed by atoms with E-state index < -0.39 is 11.7 Å². The van der Waals surface area contributed by atoms with Crippen LogP contribution in [0.5, 0.6) is 11.5 Å². The zero-order chi connectivity index (χ0) is 21.7. The molecule has 160 valence electrons. The average Bonchev–Trinajstić information content (AvgIpc) is 3.13. The molecule has 0 bridgehead atoms. The number of anilines is 2. The lowest BCUT2D eigenvalue weighted by Crippen LogP contribution is -2.27. The van der Waals surface area contributed by atoms with Crippen LogP contribution < -0.4 is 20.1 Å². The van der Waals surface area contributed by atoms with Crippen LogP contribution in [-0.4, -0.2) is 31.3 Å². The van der Waals surface area contributed by atoms with Crippen molar-refractivity contribution in [2.24, 2.45) is 0 Å². The van der Waals surface area contributed by atoms with Crippen molar-refractivity contribution >= 4 is 23.4 Å². The molecule has 0 aliphatic heterocycles. The Labute approximate surface area is 176 Å². The average molecular weight is 412 g/mol. The summed E-state index contributed by atoms with van der Waals surface area (Å²) < 4.78 is 16.2. The number of methoxy groups -OCH3 is 1. The lowest BCUT2D eigenvalue weighted by molar-refractivity contribution is -0.118. The molecule has 0 radical (unpaired) electrons. The van der Waals surface area contributed by atoms with Crippen LogP contribution in [0.3, 0.4) is 0 Å². The normalized spacial score (nSPS) is 12.7. The predicted molar refractivity (Wildman–Crippen MR) is 115 cm³/mol. The molecule has 2 N–H and O–H groups in total. The van der Waals surface area contributed by atoms with Crippen LogP contribution >= 0.6 is 0 Å². The van der Waals surface area contributed by atoms with Gasteiger partial charge in [-0.3, -0.25) is 10.1 Å². The summed E-state index contributed by atoms with van der Waals surface area (Å²) in [4.78, 5) is 24.4. The number of carbonyl (C=O) groups excluding carboxylic acids is 2. The molecule has 30 heavy (non-hydrogen) atoms. The molecule has 2 aromatic rings. The summed E-state index contributed by atoms with van der Waals surface area (Å²) in [5, 5.41) is 5.41. The lowest BCUT2D eigenvalue weighted by atomic mass is 10.1. The minimum Gasteiger partial charge on any atom is -0.495 e. The number of ether oxygens (including phenoxy) is 3. The number of amides is 2. The first-order valence-corrected chi connectivity index (χ1v) is 9.96. The maximum atomic E-state index is 12.3. The van der Waals surface area contributed by atoms with Gasteiger partial charge in [-0.05, 0) is 81.5 Å². The highest BCUT2D eigenvalue weighted by Crippen LogP contribution is 2.29. The third-order valence-corrected chi connectivity index (χ3v) is 4.56. The van der Waals surface area contributed by atoms with Gasteiger partial charge in [0, 0.05) is 5.69 Å². The number of hydrogen-bond donors (Lipinski definition) is 2. The molecule has 0 spiro atoms. The number of benzene rings is 2. The zero-order valence-electron chi connectivity index (χ0n) is 17.8. The van der Waals surface area contributed by atoms with Crippen LogP contribution in [0.25, 0.3) is 0 Å². The Morgan fingerprint density at radius 3 is 2.50 bits per heavy atom. The molecule has 1 aliphatic carbocycles. The third kappa shape index (κ3) is 5.89. The van der Waals surface area contributed by atoms with E-state index in [1.165, 1.54) is 18.2 Å². The molecule has 1 aliphatic rings. The summed E-state index contributed by atoms with van der Waals surface area (Å²) >= 11 is 0. The van der Waals surface area contributed by atoms with Crippen molar-refractivity contribution in [2.75, 3.05) is 24.4 Å². The van der Waals surface area contributed by atoms with Crippen molar-refractivity contribution in [1.29, 1.82) is 0 Å². The monoisotopic (exact) mass is 412 g/mol. The van der Waals surface area contributed by atoms with E-state index in [9.17, 15) is 9.59 Å². The van der Waals surface area contributed by atoms with E-state index in [1.54, 1.807) is 39.0 Å². The number of fused-ring (bicyclic) bond motifs is 1. The Morgan fingerprint density at radius 2 is 1.77 bits per heavy atom. The highest BCUT2D eigenvalue weighted by molar-refractivity contribution is 5.94. The SMILES string of the molecule is COc1ccc(NC(=O)COc2ccc3c(c2)CCC3)cc1NC(=O)OC(C)(C)C. The van der Waals surface area contributed by atoms with Gasteiger partial charge in [-0.2, -0.15) is 0 Å². The van der Waals surface area contributed by atoms with Gasteiger partial charge in [-0.15, -0.1) is 0 Å². The van der Waals surface area contributed by atoms with Gasteiger partial charge in [0.05, 0.1) is 12.8 Å². The fourth-order valence-electron chi connectivity index (χ4n) is 3.28. The Morgan fingerprint density at radius 1 is 1.00 bits per heavy atom. The van der Waals surface area contributed by atoms with Crippen molar-refractivity contribution in [3.8, 4) is 11.5 Å². The Balaban J connectivity index is 1.60. The van der Waals surface area contributed by atoms with E-state index in [0.29, 0.717) is 22.9 Å². The number of aryl methyl sites for hydroxylation is 2. The van der Waals surface area contributed by atoms with Crippen LogP contribution in [-0.2, 0) is 22.4 Å². The van der Waals surface area contributed by atoms with Gasteiger partial charge in [0.15, 0.2) is 6.61 Å². The zero-order valence-corrected chi connectivity index (χ0v) is 17.8. The molecule has 0 saturated heterocycles. The van der Waals surface area contributed by atoms with Crippen LogP contribution in [0.2, 0.25) is 0 Å². The first-order valence-electron chi connectivity index (χ1n) is 9.96. The Kier molecular flexibility index (Phi) is 6.50. The quantitative estimate of drug-likeness (QED) is 0.727. The minimum absolute atomic E-state index is 0.111. The maximum Gasteiger partial charge on any atom is 0.412 e. The molecular formula is C23H28N2O5. The first-order chi connectivity index (χ1) is 14.2. The summed E-state index contributed by atoms with van der Waals surface area (Å²) in [5.41, 5.74) is 2.92. The molecule has 2 amide bonds. The van der Waals surface area contributed by atoms with Gasteiger partial charge in [0.25, 0.3) is 5.91 Å². The number of rotatable bonds is 6. The van der Waals surface area contributed by atoms with E-state index in [0.717, 1.165) is 19.3 Å². The maximum absolute atomic E-state index is 12.3. The summed E-state index contributed by atoms with van der Waals surface area (Å²) in [6.07, 6.45) is 2.71. The molecule has 3 rings (SSSR count). The molecular weight excluding hydrogens is 384 g/mol. The standard InChI is InChI=1S/C23H28N2O5/c1-23(2,3)30-22(27)25-19-13-17(9-11-20(19)28-4)24-21(26)14-29-18-10-8-15-6-5-7-16(15)12-18/h8-13H,5-7,14H2,1-4H3,(H,24,26)(H,25,27). The van der Waals surface area contributed by atoms with E-state index in [4.69, 9.17) is 14.2 Å². The number of nitrogens with one attached hydrogen (secondary N) is 2. The van der Waals surface area contributed by atoms with Gasteiger partial charge in [0.1, 0.15) is 17.1 Å². The fraction of sp³-hybridized carbons (Fsp3) is 0.391. The fourth-order valence-corrected chi connectivity index (χ4v) is 3.28. The van der Waals surface area contributed by atoms with Crippen molar-refractivity contribution in [3.05, 3.63) is 47.5 Å². The van der Waals surface area contributed by atoms with Gasteiger partial charge < -0.3 is 19.5 Å². The summed E-state index contributed by atoms with van der Waals surface area (Å²) in [6, 6.07) is 10.9.